The first-order valence-corrected chi connectivity index (χ1v) is 4.78. The largest absolute Gasteiger partial charge is 0.497 e. The normalized spacial score (nSPS) is 11.5. The summed E-state index contributed by atoms with van der Waals surface area (Å²) in [5.41, 5.74) is 6.62. The predicted octanol–water partition coefficient (Wildman–Crippen LogP) is 0.988. The van der Waals surface area contributed by atoms with E-state index < -0.39 is 0 Å². The third-order valence-corrected chi connectivity index (χ3v) is 2.20. The Balaban J connectivity index is 0.00000225. The van der Waals surface area contributed by atoms with Gasteiger partial charge < -0.3 is 20.3 Å². The molecule has 0 aliphatic carbocycles. The lowest BCUT2D eigenvalue weighted by Crippen LogP contribution is -2.27. The van der Waals surface area contributed by atoms with Gasteiger partial charge in [0.1, 0.15) is 11.5 Å². The number of hydrogen-bond acceptors (Lipinski definition) is 4. The standard InChI is InChI=1S/C11H17NO3.ClH/c1-14-10-3-4-11(15-2)8(6-10)5-9(12)7-13;/h3-4,6,9,13H,5,7,12H2,1-2H3;1H. The van der Waals surface area contributed by atoms with Crippen molar-refractivity contribution in [3.05, 3.63) is 23.8 Å². The van der Waals surface area contributed by atoms with E-state index in [0.29, 0.717) is 6.42 Å². The summed E-state index contributed by atoms with van der Waals surface area (Å²) in [7, 11) is 3.22. The summed E-state index contributed by atoms with van der Waals surface area (Å²) in [5.74, 6) is 1.52. The number of nitrogens with two attached hydrogens (primary N) is 1. The van der Waals surface area contributed by atoms with Crippen molar-refractivity contribution in [1.29, 1.82) is 0 Å². The molecule has 0 aliphatic rings. The molecule has 0 bridgehead atoms. The van der Waals surface area contributed by atoms with Crippen molar-refractivity contribution < 1.29 is 14.6 Å². The lowest BCUT2D eigenvalue weighted by Gasteiger charge is -2.13. The van der Waals surface area contributed by atoms with E-state index in [2.05, 4.69) is 0 Å². The Kier molecular flexibility index (Phi) is 6.88. The van der Waals surface area contributed by atoms with Crippen LogP contribution in [0.5, 0.6) is 11.5 Å². The van der Waals surface area contributed by atoms with Crippen LogP contribution in [0.25, 0.3) is 0 Å². The summed E-state index contributed by atoms with van der Waals surface area (Å²) in [6.07, 6.45) is 0.566. The Morgan fingerprint density at radius 3 is 2.50 bits per heavy atom. The molecular formula is C11H18ClNO3. The molecule has 1 aromatic rings. The molecule has 3 N–H and O–H groups in total. The number of benzene rings is 1. The third kappa shape index (κ3) is 3.89. The van der Waals surface area contributed by atoms with Gasteiger partial charge in [-0.2, -0.15) is 0 Å². The zero-order valence-corrected chi connectivity index (χ0v) is 10.3. The number of methoxy groups -OCH3 is 2. The van der Waals surface area contributed by atoms with Crippen molar-refractivity contribution >= 4 is 12.4 Å². The smallest absolute Gasteiger partial charge is 0.122 e. The van der Waals surface area contributed by atoms with Crippen LogP contribution in [0.15, 0.2) is 18.2 Å². The van der Waals surface area contributed by atoms with Crippen LogP contribution in [0.3, 0.4) is 0 Å². The van der Waals surface area contributed by atoms with Crippen LogP contribution in [-0.4, -0.2) is 32.0 Å². The quantitative estimate of drug-likeness (QED) is 0.815. The molecule has 1 atom stereocenters. The zero-order valence-electron chi connectivity index (χ0n) is 9.47. The van der Waals surface area contributed by atoms with Crippen molar-refractivity contribution in [1.82, 2.24) is 0 Å². The fourth-order valence-electron chi connectivity index (χ4n) is 1.39. The molecule has 0 saturated heterocycles. The molecular weight excluding hydrogens is 230 g/mol. The monoisotopic (exact) mass is 247 g/mol. The lowest BCUT2D eigenvalue weighted by molar-refractivity contribution is 0.264. The fourth-order valence-corrected chi connectivity index (χ4v) is 1.39. The second-order valence-corrected chi connectivity index (χ2v) is 3.32. The predicted molar refractivity (Wildman–Crippen MR) is 65.6 cm³/mol. The highest BCUT2D eigenvalue weighted by atomic mass is 35.5. The van der Waals surface area contributed by atoms with Crippen molar-refractivity contribution in [2.45, 2.75) is 12.5 Å². The Bertz CT molecular complexity index is 320. The summed E-state index contributed by atoms with van der Waals surface area (Å²) < 4.78 is 10.3. The number of ether oxygens (including phenoxy) is 2. The molecule has 0 saturated carbocycles. The molecule has 92 valence electrons. The first-order valence-electron chi connectivity index (χ1n) is 4.78. The molecule has 0 aliphatic heterocycles. The molecule has 0 radical (unpaired) electrons. The van der Waals surface area contributed by atoms with Gasteiger partial charge in [0.15, 0.2) is 0 Å². The van der Waals surface area contributed by atoms with E-state index in [4.69, 9.17) is 20.3 Å². The number of aliphatic hydroxyl groups excluding tert-OH is 1. The zero-order chi connectivity index (χ0) is 11.3. The van der Waals surface area contributed by atoms with Crippen LogP contribution in [0.2, 0.25) is 0 Å². The molecule has 1 aromatic carbocycles. The van der Waals surface area contributed by atoms with Gasteiger partial charge in [-0.15, -0.1) is 12.4 Å². The maximum absolute atomic E-state index is 8.89. The first kappa shape index (κ1) is 15.0. The molecule has 4 nitrogen and oxygen atoms in total. The van der Waals surface area contributed by atoms with Crippen molar-refractivity contribution in [2.75, 3.05) is 20.8 Å². The van der Waals surface area contributed by atoms with Gasteiger partial charge in [-0.05, 0) is 30.2 Å². The van der Waals surface area contributed by atoms with E-state index in [9.17, 15) is 0 Å². The Morgan fingerprint density at radius 1 is 1.31 bits per heavy atom. The van der Waals surface area contributed by atoms with E-state index in [1.807, 2.05) is 18.2 Å². The van der Waals surface area contributed by atoms with Gasteiger partial charge in [0.2, 0.25) is 0 Å². The molecule has 0 amide bonds. The van der Waals surface area contributed by atoms with Crippen molar-refractivity contribution in [3.8, 4) is 11.5 Å². The lowest BCUT2D eigenvalue weighted by atomic mass is 10.1. The Morgan fingerprint density at radius 2 is 2.00 bits per heavy atom. The van der Waals surface area contributed by atoms with Crippen LogP contribution in [0.4, 0.5) is 0 Å². The van der Waals surface area contributed by atoms with Crippen LogP contribution >= 0.6 is 12.4 Å². The summed E-state index contributed by atoms with van der Waals surface area (Å²) >= 11 is 0. The molecule has 0 heterocycles. The topological polar surface area (TPSA) is 64.7 Å². The molecule has 0 fully saturated rings. The van der Waals surface area contributed by atoms with Crippen molar-refractivity contribution in [2.24, 2.45) is 5.73 Å². The number of hydrogen-bond donors (Lipinski definition) is 2. The summed E-state index contributed by atoms with van der Waals surface area (Å²) in [5, 5.41) is 8.89. The minimum atomic E-state index is -0.272. The highest BCUT2D eigenvalue weighted by Gasteiger charge is 2.09. The minimum Gasteiger partial charge on any atom is -0.497 e. The molecule has 1 unspecified atom stereocenters. The number of halogens is 1. The summed E-state index contributed by atoms with van der Waals surface area (Å²) in [6, 6.07) is 5.25. The maximum Gasteiger partial charge on any atom is 0.122 e. The van der Waals surface area contributed by atoms with Crippen molar-refractivity contribution in [3.63, 3.8) is 0 Å². The molecule has 0 aromatic heterocycles. The van der Waals surface area contributed by atoms with Crippen LogP contribution in [0.1, 0.15) is 5.56 Å². The Labute approximate surface area is 102 Å². The van der Waals surface area contributed by atoms with Gasteiger partial charge in [0.05, 0.1) is 20.8 Å². The number of aliphatic hydroxyl groups is 1. The Hall–Kier alpha value is -0.970. The number of rotatable bonds is 5. The van der Waals surface area contributed by atoms with E-state index in [1.54, 1.807) is 14.2 Å². The average Bonchev–Trinajstić information content (AvgIpc) is 2.28. The second-order valence-electron chi connectivity index (χ2n) is 3.32. The maximum atomic E-state index is 8.89. The van der Waals surface area contributed by atoms with Gasteiger partial charge in [-0.1, -0.05) is 0 Å². The highest BCUT2D eigenvalue weighted by molar-refractivity contribution is 5.85. The van der Waals surface area contributed by atoms with Gasteiger partial charge in [-0.3, -0.25) is 0 Å². The van der Waals surface area contributed by atoms with E-state index in [0.717, 1.165) is 17.1 Å². The molecule has 0 spiro atoms. The minimum absolute atomic E-state index is 0. The van der Waals surface area contributed by atoms with E-state index >= 15 is 0 Å². The first-order chi connectivity index (χ1) is 7.21. The van der Waals surface area contributed by atoms with Crippen LogP contribution in [-0.2, 0) is 6.42 Å². The van der Waals surface area contributed by atoms with Gasteiger partial charge >= 0.3 is 0 Å². The summed E-state index contributed by atoms with van der Waals surface area (Å²) in [6.45, 7) is -0.0413. The molecule has 5 heteroatoms. The highest BCUT2D eigenvalue weighted by Crippen LogP contribution is 2.24. The molecule has 16 heavy (non-hydrogen) atoms. The summed E-state index contributed by atoms with van der Waals surface area (Å²) in [4.78, 5) is 0. The third-order valence-electron chi connectivity index (χ3n) is 2.20. The van der Waals surface area contributed by atoms with Gasteiger partial charge in [0, 0.05) is 6.04 Å². The molecule has 1 rings (SSSR count). The van der Waals surface area contributed by atoms with Gasteiger partial charge in [0.25, 0.3) is 0 Å². The van der Waals surface area contributed by atoms with E-state index in [1.165, 1.54) is 0 Å². The van der Waals surface area contributed by atoms with E-state index in [-0.39, 0.29) is 25.1 Å². The van der Waals surface area contributed by atoms with Gasteiger partial charge in [-0.25, -0.2) is 0 Å². The van der Waals surface area contributed by atoms with Crippen LogP contribution in [0, 0.1) is 0 Å². The van der Waals surface area contributed by atoms with Crippen LogP contribution < -0.4 is 15.2 Å². The fraction of sp³-hybridized carbons (Fsp3) is 0.455. The second kappa shape index (κ2) is 7.33. The SMILES string of the molecule is COc1ccc(OC)c(CC(N)CO)c1.Cl. The average molecular weight is 248 g/mol.